The van der Waals surface area contributed by atoms with Gasteiger partial charge in [0.25, 0.3) is 5.91 Å². The van der Waals surface area contributed by atoms with Crippen molar-refractivity contribution in [2.24, 2.45) is 0 Å². The van der Waals surface area contributed by atoms with Crippen molar-refractivity contribution in [2.75, 3.05) is 12.4 Å². The van der Waals surface area contributed by atoms with Crippen molar-refractivity contribution in [1.29, 1.82) is 0 Å². The highest BCUT2D eigenvalue weighted by atomic mass is 79.9. The van der Waals surface area contributed by atoms with Gasteiger partial charge in [0, 0.05) is 22.9 Å². The van der Waals surface area contributed by atoms with E-state index in [4.69, 9.17) is 4.74 Å². The Balaban J connectivity index is 2.32. The standard InChI is InChI=1S/C13H11BrN2O3/c1-19-12-3-2-8(14)6-10(12)16-13(18)9-7-15-5-4-11(9)17/h2-7H,1H3,(H,15,17)(H,16,18). The number of halogens is 1. The van der Waals surface area contributed by atoms with E-state index in [1.807, 2.05) is 0 Å². The number of pyridine rings is 1. The van der Waals surface area contributed by atoms with Crippen molar-refractivity contribution < 1.29 is 9.53 Å². The van der Waals surface area contributed by atoms with E-state index in [-0.39, 0.29) is 11.0 Å². The van der Waals surface area contributed by atoms with Crippen molar-refractivity contribution in [3.8, 4) is 5.75 Å². The van der Waals surface area contributed by atoms with Gasteiger partial charge >= 0.3 is 0 Å². The van der Waals surface area contributed by atoms with Crippen molar-refractivity contribution in [3.05, 3.63) is 56.9 Å². The molecular formula is C13H11BrN2O3. The molecule has 2 rings (SSSR count). The highest BCUT2D eigenvalue weighted by molar-refractivity contribution is 9.10. The molecule has 2 N–H and O–H groups in total. The van der Waals surface area contributed by atoms with Crippen molar-refractivity contribution in [2.45, 2.75) is 0 Å². The number of hydrogen-bond donors (Lipinski definition) is 2. The Morgan fingerprint density at radius 3 is 2.84 bits per heavy atom. The number of aromatic amines is 1. The highest BCUT2D eigenvalue weighted by Gasteiger charge is 2.12. The predicted octanol–water partition coefficient (Wildman–Crippen LogP) is 2.40. The van der Waals surface area contributed by atoms with Gasteiger partial charge in [-0.05, 0) is 18.2 Å². The molecule has 98 valence electrons. The molecule has 1 aromatic carbocycles. The fourth-order valence-electron chi connectivity index (χ4n) is 1.56. The average Bonchev–Trinajstić information content (AvgIpc) is 2.39. The van der Waals surface area contributed by atoms with Crippen LogP contribution in [0.5, 0.6) is 5.75 Å². The van der Waals surface area contributed by atoms with Crippen LogP contribution < -0.4 is 15.5 Å². The van der Waals surface area contributed by atoms with Crippen LogP contribution in [0.4, 0.5) is 5.69 Å². The summed E-state index contributed by atoms with van der Waals surface area (Å²) in [5, 5.41) is 2.65. The zero-order chi connectivity index (χ0) is 13.8. The fourth-order valence-corrected chi connectivity index (χ4v) is 1.92. The molecule has 0 fully saturated rings. The van der Waals surface area contributed by atoms with Crippen LogP contribution in [-0.4, -0.2) is 18.0 Å². The number of amides is 1. The molecule has 2 aromatic rings. The monoisotopic (exact) mass is 322 g/mol. The summed E-state index contributed by atoms with van der Waals surface area (Å²) >= 11 is 3.31. The number of methoxy groups -OCH3 is 1. The number of nitrogens with one attached hydrogen (secondary N) is 2. The minimum Gasteiger partial charge on any atom is -0.495 e. The summed E-state index contributed by atoms with van der Waals surface area (Å²) in [6, 6.07) is 6.51. The molecular weight excluding hydrogens is 312 g/mol. The topological polar surface area (TPSA) is 71.2 Å². The summed E-state index contributed by atoms with van der Waals surface area (Å²) in [7, 11) is 1.51. The predicted molar refractivity (Wildman–Crippen MR) is 75.7 cm³/mol. The minimum atomic E-state index is -0.488. The van der Waals surface area contributed by atoms with E-state index >= 15 is 0 Å². The lowest BCUT2D eigenvalue weighted by Gasteiger charge is -2.10. The quantitative estimate of drug-likeness (QED) is 0.911. The second-order valence-electron chi connectivity index (χ2n) is 3.72. The number of hydrogen-bond acceptors (Lipinski definition) is 3. The number of benzene rings is 1. The van der Waals surface area contributed by atoms with E-state index in [0.717, 1.165) is 4.47 Å². The summed E-state index contributed by atoms with van der Waals surface area (Å²) in [6.07, 6.45) is 2.83. The number of rotatable bonds is 3. The van der Waals surface area contributed by atoms with Crippen molar-refractivity contribution in [3.63, 3.8) is 0 Å². The number of anilines is 1. The number of aromatic nitrogens is 1. The van der Waals surface area contributed by atoms with E-state index in [2.05, 4.69) is 26.2 Å². The fraction of sp³-hybridized carbons (Fsp3) is 0.0769. The van der Waals surface area contributed by atoms with Gasteiger partial charge < -0.3 is 15.0 Å². The summed E-state index contributed by atoms with van der Waals surface area (Å²) in [5.41, 5.74) is 0.194. The molecule has 1 amide bonds. The third kappa shape index (κ3) is 3.03. The van der Waals surface area contributed by atoms with Crippen LogP contribution in [0.1, 0.15) is 10.4 Å². The summed E-state index contributed by atoms with van der Waals surface area (Å²) in [6.45, 7) is 0. The van der Waals surface area contributed by atoms with Gasteiger partial charge in [0.05, 0.1) is 12.8 Å². The normalized spacial score (nSPS) is 10.0. The lowest BCUT2D eigenvalue weighted by atomic mass is 10.2. The first-order valence-corrected chi connectivity index (χ1v) is 6.23. The Morgan fingerprint density at radius 2 is 2.16 bits per heavy atom. The molecule has 0 aliphatic rings. The lowest BCUT2D eigenvalue weighted by Crippen LogP contribution is -2.21. The summed E-state index contributed by atoms with van der Waals surface area (Å²) in [5.74, 6) is 0.0298. The van der Waals surface area contributed by atoms with E-state index in [9.17, 15) is 9.59 Å². The molecule has 5 nitrogen and oxygen atoms in total. The van der Waals surface area contributed by atoms with Gasteiger partial charge in [-0.1, -0.05) is 15.9 Å². The lowest BCUT2D eigenvalue weighted by molar-refractivity contribution is 0.102. The van der Waals surface area contributed by atoms with Crippen LogP contribution in [0.3, 0.4) is 0 Å². The third-order valence-corrected chi connectivity index (χ3v) is 2.97. The average molecular weight is 323 g/mol. The first-order chi connectivity index (χ1) is 9.11. The van der Waals surface area contributed by atoms with Crippen LogP contribution in [-0.2, 0) is 0 Å². The molecule has 0 spiro atoms. The zero-order valence-corrected chi connectivity index (χ0v) is 11.7. The SMILES string of the molecule is COc1ccc(Br)cc1NC(=O)c1c[nH]ccc1=O. The smallest absolute Gasteiger partial charge is 0.261 e. The largest absolute Gasteiger partial charge is 0.495 e. The second-order valence-corrected chi connectivity index (χ2v) is 4.64. The van der Waals surface area contributed by atoms with E-state index < -0.39 is 5.91 Å². The van der Waals surface area contributed by atoms with Gasteiger partial charge in [0.15, 0.2) is 5.43 Å². The molecule has 6 heteroatoms. The zero-order valence-electron chi connectivity index (χ0n) is 10.1. The van der Waals surface area contributed by atoms with Crippen LogP contribution in [0.2, 0.25) is 0 Å². The Kier molecular flexibility index (Phi) is 4.01. The van der Waals surface area contributed by atoms with Gasteiger partial charge in [-0.15, -0.1) is 0 Å². The first kappa shape index (κ1) is 13.4. The maximum atomic E-state index is 12.0. The molecule has 0 aliphatic heterocycles. The van der Waals surface area contributed by atoms with Crippen molar-refractivity contribution in [1.82, 2.24) is 4.98 Å². The molecule has 0 radical (unpaired) electrons. The molecule has 19 heavy (non-hydrogen) atoms. The van der Waals surface area contributed by atoms with Crippen molar-refractivity contribution >= 4 is 27.5 Å². The molecule has 0 unspecified atom stereocenters. The van der Waals surface area contributed by atoms with E-state index in [0.29, 0.717) is 11.4 Å². The van der Waals surface area contributed by atoms with Gasteiger partial charge in [0.2, 0.25) is 0 Å². The Morgan fingerprint density at radius 1 is 1.37 bits per heavy atom. The number of ether oxygens (including phenoxy) is 1. The van der Waals surface area contributed by atoms with Gasteiger partial charge in [0.1, 0.15) is 11.3 Å². The van der Waals surface area contributed by atoms with Crippen LogP contribution in [0.25, 0.3) is 0 Å². The summed E-state index contributed by atoms with van der Waals surface area (Å²) in [4.78, 5) is 26.3. The highest BCUT2D eigenvalue weighted by Crippen LogP contribution is 2.28. The first-order valence-electron chi connectivity index (χ1n) is 5.44. The molecule has 0 saturated heterocycles. The van der Waals surface area contributed by atoms with E-state index in [1.54, 1.807) is 18.2 Å². The number of carbonyl (C=O) groups excluding carboxylic acids is 1. The Labute approximate surface area is 117 Å². The number of carbonyl (C=O) groups is 1. The third-order valence-electron chi connectivity index (χ3n) is 2.48. The maximum Gasteiger partial charge on any atom is 0.261 e. The molecule has 1 heterocycles. The minimum absolute atomic E-state index is 0.0459. The number of H-pyrrole nitrogens is 1. The van der Waals surface area contributed by atoms with Crippen LogP contribution in [0, 0.1) is 0 Å². The maximum absolute atomic E-state index is 12.0. The van der Waals surface area contributed by atoms with Crippen LogP contribution >= 0.6 is 15.9 Å². The van der Waals surface area contributed by atoms with Gasteiger partial charge in [-0.3, -0.25) is 9.59 Å². The molecule has 0 atom stereocenters. The Hall–Kier alpha value is -2.08. The second kappa shape index (κ2) is 5.71. The molecule has 0 bridgehead atoms. The molecule has 0 aliphatic carbocycles. The summed E-state index contributed by atoms with van der Waals surface area (Å²) < 4.78 is 5.94. The molecule has 1 aromatic heterocycles. The van der Waals surface area contributed by atoms with E-state index in [1.165, 1.54) is 25.6 Å². The van der Waals surface area contributed by atoms with Crippen LogP contribution in [0.15, 0.2) is 45.9 Å². The van der Waals surface area contributed by atoms with Gasteiger partial charge in [-0.25, -0.2) is 0 Å². The molecule has 0 saturated carbocycles. The Bertz CT molecular complexity index is 667. The van der Waals surface area contributed by atoms with Gasteiger partial charge in [-0.2, -0.15) is 0 Å².